The molecule has 0 saturated carbocycles. The molecule has 5 nitrogen and oxygen atoms in total. The first-order chi connectivity index (χ1) is 13.1. The summed E-state index contributed by atoms with van der Waals surface area (Å²) < 4.78 is 5.91. The predicted octanol–water partition coefficient (Wildman–Crippen LogP) is 4.11. The number of para-hydroxylation sites is 2. The zero-order valence-corrected chi connectivity index (χ0v) is 15.7. The molecule has 1 aliphatic rings. The Kier molecular flexibility index (Phi) is 6.47. The molecule has 1 aliphatic heterocycles. The molecule has 142 valence electrons. The van der Waals surface area contributed by atoms with Crippen molar-refractivity contribution in [2.75, 3.05) is 18.4 Å². The third-order valence-corrected chi connectivity index (χ3v) is 4.73. The van der Waals surface area contributed by atoms with Crippen LogP contribution < -0.4 is 10.1 Å². The first-order valence-electron chi connectivity index (χ1n) is 9.56. The van der Waals surface area contributed by atoms with Gasteiger partial charge in [0.25, 0.3) is 11.8 Å². The van der Waals surface area contributed by atoms with Gasteiger partial charge in [0.15, 0.2) is 6.10 Å². The summed E-state index contributed by atoms with van der Waals surface area (Å²) in [5.74, 6) is 0.142. The molecular formula is C22H26N2O3. The number of benzene rings is 2. The standard InChI is InChI=1S/C22H26N2O3/c1-17(22(26)24-15-9-2-3-10-16-24)27-20-14-8-7-13-19(20)21(25)23-18-11-5-4-6-12-18/h4-8,11-14,17H,2-3,9-10,15-16H2,1H3,(H,23,25). The van der Waals surface area contributed by atoms with Gasteiger partial charge >= 0.3 is 0 Å². The summed E-state index contributed by atoms with van der Waals surface area (Å²) in [6.45, 7) is 3.31. The number of hydrogen-bond acceptors (Lipinski definition) is 3. The van der Waals surface area contributed by atoms with E-state index < -0.39 is 6.10 Å². The van der Waals surface area contributed by atoms with Gasteiger partial charge < -0.3 is 15.0 Å². The van der Waals surface area contributed by atoms with E-state index in [1.807, 2.05) is 35.2 Å². The molecule has 0 aromatic heterocycles. The van der Waals surface area contributed by atoms with Crippen LogP contribution in [0.4, 0.5) is 5.69 Å². The van der Waals surface area contributed by atoms with Gasteiger partial charge in [-0.25, -0.2) is 0 Å². The second-order valence-electron chi connectivity index (χ2n) is 6.82. The molecule has 0 aliphatic carbocycles. The average Bonchev–Trinajstić information content (AvgIpc) is 2.98. The zero-order chi connectivity index (χ0) is 19.1. The fraction of sp³-hybridized carbons (Fsp3) is 0.364. The van der Waals surface area contributed by atoms with Crippen LogP contribution in [-0.2, 0) is 4.79 Å². The minimum Gasteiger partial charge on any atom is -0.480 e. The number of anilines is 1. The van der Waals surface area contributed by atoms with Crippen LogP contribution >= 0.6 is 0 Å². The third kappa shape index (κ3) is 5.09. The third-order valence-electron chi connectivity index (χ3n) is 4.73. The van der Waals surface area contributed by atoms with Crippen LogP contribution in [0.5, 0.6) is 5.75 Å². The second-order valence-corrected chi connectivity index (χ2v) is 6.82. The predicted molar refractivity (Wildman–Crippen MR) is 106 cm³/mol. The summed E-state index contributed by atoms with van der Waals surface area (Å²) in [5.41, 5.74) is 1.13. The van der Waals surface area contributed by atoms with Gasteiger partial charge in [0.05, 0.1) is 5.56 Å². The highest BCUT2D eigenvalue weighted by molar-refractivity contribution is 6.06. The fourth-order valence-corrected chi connectivity index (χ4v) is 3.27. The highest BCUT2D eigenvalue weighted by atomic mass is 16.5. The van der Waals surface area contributed by atoms with Crippen molar-refractivity contribution < 1.29 is 14.3 Å². The number of carbonyl (C=O) groups is 2. The molecule has 1 fully saturated rings. The van der Waals surface area contributed by atoms with Gasteiger partial charge in [-0.05, 0) is 44.0 Å². The van der Waals surface area contributed by atoms with Crippen LogP contribution in [0.3, 0.4) is 0 Å². The molecular weight excluding hydrogens is 340 g/mol. The van der Waals surface area contributed by atoms with Crippen molar-refractivity contribution in [1.29, 1.82) is 0 Å². The number of nitrogens with zero attached hydrogens (tertiary/aromatic N) is 1. The molecule has 0 spiro atoms. The Morgan fingerprint density at radius 3 is 2.26 bits per heavy atom. The summed E-state index contributed by atoms with van der Waals surface area (Å²) in [6, 6.07) is 16.3. The van der Waals surface area contributed by atoms with Gasteiger partial charge in [-0.2, -0.15) is 0 Å². The molecule has 2 amide bonds. The first-order valence-corrected chi connectivity index (χ1v) is 9.56. The Hall–Kier alpha value is -2.82. The van der Waals surface area contributed by atoms with Crippen molar-refractivity contribution in [1.82, 2.24) is 4.90 Å². The van der Waals surface area contributed by atoms with Crippen LogP contribution in [0.15, 0.2) is 54.6 Å². The maximum Gasteiger partial charge on any atom is 0.263 e. The maximum absolute atomic E-state index is 12.7. The lowest BCUT2D eigenvalue weighted by molar-refractivity contribution is -0.137. The van der Waals surface area contributed by atoms with Crippen molar-refractivity contribution in [2.24, 2.45) is 0 Å². The monoisotopic (exact) mass is 366 g/mol. The minimum atomic E-state index is -0.631. The van der Waals surface area contributed by atoms with Crippen LogP contribution in [-0.4, -0.2) is 35.9 Å². The van der Waals surface area contributed by atoms with Crippen molar-refractivity contribution in [3.63, 3.8) is 0 Å². The summed E-state index contributed by atoms with van der Waals surface area (Å²) in [4.78, 5) is 27.3. The molecule has 3 rings (SSSR count). The Morgan fingerprint density at radius 1 is 0.926 bits per heavy atom. The Morgan fingerprint density at radius 2 is 1.56 bits per heavy atom. The SMILES string of the molecule is CC(Oc1ccccc1C(=O)Nc1ccccc1)C(=O)N1CCCCCC1. The highest BCUT2D eigenvalue weighted by Gasteiger charge is 2.24. The van der Waals surface area contributed by atoms with E-state index >= 15 is 0 Å². The topological polar surface area (TPSA) is 58.6 Å². The van der Waals surface area contributed by atoms with Crippen molar-refractivity contribution in [2.45, 2.75) is 38.7 Å². The minimum absolute atomic E-state index is 0.0184. The van der Waals surface area contributed by atoms with E-state index in [1.165, 1.54) is 12.8 Å². The molecule has 1 saturated heterocycles. The molecule has 2 aromatic rings. The summed E-state index contributed by atoms with van der Waals surface area (Å²) in [7, 11) is 0. The van der Waals surface area contributed by atoms with E-state index in [4.69, 9.17) is 4.74 Å². The average molecular weight is 366 g/mol. The quantitative estimate of drug-likeness (QED) is 0.866. The zero-order valence-electron chi connectivity index (χ0n) is 15.7. The van der Waals surface area contributed by atoms with Crippen LogP contribution in [0.25, 0.3) is 0 Å². The summed E-state index contributed by atoms with van der Waals surface area (Å²) in [6.07, 6.45) is 3.78. The van der Waals surface area contributed by atoms with E-state index in [9.17, 15) is 9.59 Å². The maximum atomic E-state index is 12.7. The highest BCUT2D eigenvalue weighted by Crippen LogP contribution is 2.22. The lowest BCUT2D eigenvalue weighted by Crippen LogP contribution is -2.41. The number of rotatable bonds is 5. The first kappa shape index (κ1) is 19.0. The van der Waals surface area contributed by atoms with Crippen LogP contribution in [0.2, 0.25) is 0 Å². The lowest BCUT2D eigenvalue weighted by Gasteiger charge is -2.25. The number of ether oxygens (including phenoxy) is 1. The van der Waals surface area contributed by atoms with Gasteiger partial charge in [0, 0.05) is 18.8 Å². The van der Waals surface area contributed by atoms with Gasteiger partial charge in [0.1, 0.15) is 5.75 Å². The van der Waals surface area contributed by atoms with Gasteiger partial charge in [-0.1, -0.05) is 43.2 Å². The summed E-state index contributed by atoms with van der Waals surface area (Å²) >= 11 is 0. The Labute approximate surface area is 160 Å². The smallest absolute Gasteiger partial charge is 0.263 e. The van der Waals surface area contributed by atoms with Crippen molar-refractivity contribution >= 4 is 17.5 Å². The van der Waals surface area contributed by atoms with E-state index in [0.29, 0.717) is 17.0 Å². The number of hydrogen-bond donors (Lipinski definition) is 1. The van der Waals surface area contributed by atoms with E-state index in [2.05, 4.69) is 5.32 Å². The van der Waals surface area contributed by atoms with Crippen molar-refractivity contribution in [3.05, 3.63) is 60.2 Å². The second kappa shape index (κ2) is 9.21. The molecule has 1 unspecified atom stereocenters. The van der Waals surface area contributed by atoms with Gasteiger partial charge in [-0.15, -0.1) is 0 Å². The summed E-state index contributed by atoms with van der Waals surface area (Å²) in [5, 5.41) is 2.86. The van der Waals surface area contributed by atoms with Crippen molar-refractivity contribution in [3.8, 4) is 5.75 Å². The molecule has 1 heterocycles. The van der Waals surface area contributed by atoms with E-state index in [1.54, 1.807) is 31.2 Å². The molecule has 0 radical (unpaired) electrons. The molecule has 27 heavy (non-hydrogen) atoms. The van der Waals surface area contributed by atoms with E-state index in [-0.39, 0.29) is 11.8 Å². The van der Waals surface area contributed by atoms with Gasteiger partial charge in [-0.3, -0.25) is 9.59 Å². The number of likely N-dealkylation sites (tertiary alicyclic amines) is 1. The largest absolute Gasteiger partial charge is 0.480 e. The Bertz CT molecular complexity index is 768. The fourth-order valence-electron chi connectivity index (χ4n) is 3.27. The number of nitrogens with one attached hydrogen (secondary N) is 1. The normalized spacial score (nSPS) is 15.5. The number of amides is 2. The molecule has 0 bridgehead atoms. The molecule has 2 aromatic carbocycles. The van der Waals surface area contributed by atoms with E-state index in [0.717, 1.165) is 25.9 Å². The van der Waals surface area contributed by atoms with Gasteiger partial charge in [0.2, 0.25) is 0 Å². The molecule has 1 atom stereocenters. The molecule has 1 N–H and O–H groups in total. The Balaban J connectivity index is 1.69. The van der Waals surface area contributed by atoms with Crippen LogP contribution in [0, 0.1) is 0 Å². The van der Waals surface area contributed by atoms with Crippen LogP contribution in [0.1, 0.15) is 43.0 Å². The lowest BCUT2D eigenvalue weighted by atomic mass is 10.1. The number of carbonyl (C=O) groups excluding carboxylic acids is 2. The molecule has 5 heteroatoms.